The molecule has 0 fully saturated rings. The van der Waals surface area contributed by atoms with Crippen LogP contribution in [0, 0.1) is 0 Å². The molecule has 248 valence electrons. The van der Waals surface area contributed by atoms with Gasteiger partial charge in [-0.2, -0.15) is 0 Å². The van der Waals surface area contributed by atoms with Crippen LogP contribution in [-0.4, -0.2) is 4.57 Å². The maximum atomic E-state index is 2.48. The molecule has 3 heteroatoms. The van der Waals surface area contributed by atoms with Crippen LogP contribution in [0.4, 0.5) is 17.1 Å². The second-order valence-electron chi connectivity index (χ2n) is 14.9. The Kier molecular flexibility index (Phi) is 6.33. The number of fused-ring (bicyclic) bond motifs is 11. The molecule has 2 nitrogen and oxygen atoms in total. The van der Waals surface area contributed by atoms with Crippen LogP contribution in [0.5, 0.6) is 0 Å². The van der Waals surface area contributed by atoms with Crippen LogP contribution in [0.2, 0.25) is 0 Å². The Labute approximate surface area is 307 Å². The van der Waals surface area contributed by atoms with Crippen LogP contribution in [0.15, 0.2) is 152 Å². The van der Waals surface area contributed by atoms with Crippen LogP contribution >= 0.6 is 11.3 Å². The lowest BCUT2D eigenvalue weighted by Crippen LogP contribution is -2.16. The van der Waals surface area contributed by atoms with Crippen molar-refractivity contribution in [1.29, 1.82) is 0 Å². The number of anilines is 3. The molecule has 0 radical (unpaired) electrons. The third kappa shape index (κ3) is 4.23. The minimum absolute atomic E-state index is 0.0912. The van der Waals surface area contributed by atoms with E-state index in [0.29, 0.717) is 0 Å². The second-order valence-corrected chi connectivity index (χ2v) is 15.9. The van der Waals surface area contributed by atoms with E-state index in [2.05, 4.69) is 181 Å². The van der Waals surface area contributed by atoms with E-state index in [4.69, 9.17) is 0 Å². The average Bonchev–Trinajstić information content (AvgIpc) is 3.81. The summed E-state index contributed by atoms with van der Waals surface area (Å²) in [5.74, 6) is 0. The standard InChI is InChI=1S/C49H36N2S/c1-49(2)42-18-10-8-16-37(42)38-24-22-36(30-43(38)49)50(34-21-20-31-12-6-7-13-32(31)28-34)35-23-26-44-41(29-35)47-45(51(44)33-14-4-3-5-15-33)27-25-40-39-17-9-11-19-46(39)52-48(40)47/h3-5,7-11,13-30H,6,12H2,1-2H3. The van der Waals surface area contributed by atoms with Crippen LogP contribution in [0.1, 0.15) is 42.5 Å². The molecule has 0 saturated carbocycles. The topological polar surface area (TPSA) is 8.17 Å². The number of benzene rings is 7. The summed E-state index contributed by atoms with van der Waals surface area (Å²) in [5.41, 5.74) is 15.3. The first-order chi connectivity index (χ1) is 25.5. The summed E-state index contributed by atoms with van der Waals surface area (Å²) in [4.78, 5) is 2.48. The van der Waals surface area contributed by atoms with Crippen LogP contribution < -0.4 is 4.90 Å². The average molecular weight is 685 g/mol. The number of hydrogen-bond acceptors (Lipinski definition) is 2. The number of hydrogen-bond donors (Lipinski definition) is 0. The van der Waals surface area contributed by atoms with Crippen molar-refractivity contribution in [3.8, 4) is 16.8 Å². The molecule has 0 saturated heterocycles. The Morgan fingerprint density at radius 2 is 1.33 bits per heavy atom. The van der Waals surface area contributed by atoms with Gasteiger partial charge < -0.3 is 9.47 Å². The lowest BCUT2D eigenvalue weighted by molar-refractivity contribution is 0.660. The van der Waals surface area contributed by atoms with Gasteiger partial charge in [-0.3, -0.25) is 0 Å². The van der Waals surface area contributed by atoms with E-state index in [-0.39, 0.29) is 5.41 Å². The van der Waals surface area contributed by atoms with Crippen molar-refractivity contribution in [2.24, 2.45) is 0 Å². The van der Waals surface area contributed by atoms with E-state index >= 15 is 0 Å². The van der Waals surface area contributed by atoms with Gasteiger partial charge in [0.25, 0.3) is 0 Å². The largest absolute Gasteiger partial charge is 0.310 e. The smallest absolute Gasteiger partial charge is 0.0555 e. The summed E-state index contributed by atoms with van der Waals surface area (Å²) in [5, 5.41) is 5.24. The van der Waals surface area contributed by atoms with Gasteiger partial charge in [-0.15, -0.1) is 11.3 Å². The monoisotopic (exact) mass is 684 g/mol. The highest BCUT2D eigenvalue weighted by molar-refractivity contribution is 7.26. The Hall–Kier alpha value is -5.90. The zero-order valence-electron chi connectivity index (χ0n) is 29.2. The van der Waals surface area contributed by atoms with Gasteiger partial charge in [0.15, 0.2) is 0 Å². The van der Waals surface area contributed by atoms with Gasteiger partial charge in [-0.25, -0.2) is 0 Å². The quantitative estimate of drug-likeness (QED) is 0.179. The number of rotatable bonds is 4. The predicted octanol–water partition coefficient (Wildman–Crippen LogP) is 13.9. The van der Waals surface area contributed by atoms with E-state index in [1.807, 2.05) is 11.3 Å². The van der Waals surface area contributed by atoms with Gasteiger partial charge in [-0.05, 0) is 113 Å². The van der Waals surface area contributed by atoms with Gasteiger partial charge in [0, 0.05) is 59.1 Å². The number of nitrogens with zero attached hydrogens (tertiary/aromatic N) is 2. The molecule has 2 aliphatic rings. The Bertz CT molecular complexity index is 2940. The summed E-state index contributed by atoms with van der Waals surface area (Å²) < 4.78 is 5.12. The molecule has 7 aromatic carbocycles. The molecule has 2 aliphatic carbocycles. The number of aryl methyl sites for hydroxylation is 1. The normalized spacial score (nSPS) is 14.3. The first-order valence-corrected chi connectivity index (χ1v) is 19.1. The molecule has 0 atom stereocenters. The fourth-order valence-electron chi connectivity index (χ4n) is 9.10. The van der Waals surface area contributed by atoms with Gasteiger partial charge >= 0.3 is 0 Å². The van der Waals surface area contributed by atoms with Crippen molar-refractivity contribution in [1.82, 2.24) is 4.57 Å². The zero-order valence-corrected chi connectivity index (χ0v) is 30.0. The predicted molar refractivity (Wildman–Crippen MR) is 223 cm³/mol. The van der Waals surface area contributed by atoms with Crippen LogP contribution in [0.25, 0.3) is 64.9 Å². The Morgan fingerprint density at radius 3 is 2.25 bits per heavy atom. The van der Waals surface area contributed by atoms with Gasteiger partial charge in [0.05, 0.1) is 11.0 Å². The SMILES string of the molecule is CC1(C)c2ccccc2-c2ccc(N(c3ccc4c(c3)C=CCC4)c3ccc4c(c3)c3c5sc6ccccc6c5ccc3n4-c3ccccc3)cc21. The highest BCUT2D eigenvalue weighted by Gasteiger charge is 2.36. The molecule has 9 aromatic rings. The van der Waals surface area contributed by atoms with Crippen molar-refractivity contribution in [2.75, 3.05) is 4.90 Å². The van der Waals surface area contributed by atoms with Crippen LogP contribution in [-0.2, 0) is 11.8 Å². The molecular formula is C49H36N2S. The molecule has 0 N–H and O–H groups in total. The first-order valence-electron chi connectivity index (χ1n) is 18.3. The van der Waals surface area contributed by atoms with Gasteiger partial charge in [0.2, 0.25) is 0 Å². The molecule has 0 spiro atoms. The van der Waals surface area contributed by atoms with Crippen LogP contribution in [0.3, 0.4) is 0 Å². The molecular weight excluding hydrogens is 649 g/mol. The first kappa shape index (κ1) is 29.8. The molecule has 0 unspecified atom stereocenters. The summed E-state index contributed by atoms with van der Waals surface area (Å²) in [6.07, 6.45) is 6.81. The van der Waals surface area contributed by atoms with Crippen molar-refractivity contribution < 1.29 is 0 Å². The number of allylic oxidation sites excluding steroid dienone is 1. The lowest BCUT2D eigenvalue weighted by atomic mass is 9.82. The number of thiophene rings is 1. The van der Waals surface area contributed by atoms with E-state index in [9.17, 15) is 0 Å². The molecule has 0 aliphatic heterocycles. The van der Waals surface area contributed by atoms with Crippen molar-refractivity contribution in [3.63, 3.8) is 0 Å². The Balaban J connectivity index is 1.20. The molecule has 0 bridgehead atoms. The lowest BCUT2D eigenvalue weighted by Gasteiger charge is -2.29. The van der Waals surface area contributed by atoms with Crippen molar-refractivity contribution in [2.45, 2.75) is 32.1 Å². The van der Waals surface area contributed by atoms with E-state index in [1.165, 1.54) is 92.4 Å². The Morgan fingerprint density at radius 1 is 0.596 bits per heavy atom. The third-order valence-electron chi connectivity index (χ3n) is 11.6. The van der Waals surface area contributed by atoms with Crippen molar-refractivity contribution in [3.05, 3.63) is 174 Å². The summed E-state index contributed by atoms with van der Waals surface area (Å²) >= 11 is 1.91. The van der Waals surface area contributed by atoms with E-state index < -0.39 is 0 Å². The molecule has 2 aromatic heterocycles. The summed E-state index contributed by atoms with van der Waals surface area (Å²) in [7, 11) is 0. The second kappa shape index (κ2) is 11.0. The van der Waals surface area contributed by atoms with E-state index in [1.54, 1.807) is 0 Å². The van der Waals surface area contributed by atoms with Gasteiger partial charge in [-0.1, -0.05) is 105 Å². The minimum atomic E-state index is -0.0912. The highest BCUT2D eigenvalue weighted by Crippen LogP contribution is 2.51. The number of para-hydroxylation sites is 1. The van der Waals surface area contributed by atoms with Crippen molar-refractivity contribution >= 4 is 76.5 Å². The maximum Gasteiger partial charge on any atom is 0.0555 e. The third-order valence-corrected chi connectivity index (χ3v) is 12.8. The van der Waals surface area contributed by atoms with Gasteiger partial charge in [0.1, 0.15) is 0 Å². The molecule has 11 rings (SSSR count). The molecule has 0 amide bonds. The maximum absolute atomic E-state index is 2.48. The molecule has 2 heterocycles. The summed E-state index contributed by atoms with van der Waals surface area (Å²) in [6, 6.07) is 54.5. The minimum Gasteiger partial charge on any atom is -0.310 e. The molecule has 52 heavy (non-hydrogen) atoms. The summed E-state index contributed by atoms with van der Waals surface area (Å²) in [6.45, 7) is 4.74. The fourth-order valence-corrected chi connectivity index (χ4v) is 10.4. The fraction of sp³-hybridized carbons (Fsp3) is 0.102. The zero-order chi connectivity index (χ0) is 34.6. The van der Waals surface area contributed by atoms with E-state index in [0.717, 1.165) is 18.5 Å². The highest BCUT2D eigenvalue weighted by atomic mass is 32.1. The number of aromatic nitrogens is 1.